The molecule has 0 saturated heterocycles. The van der Waals surface area contributed by atoms with E-state index in [9.17, 15) is 4.79 Å². The first-order valence-electron chi connectivity index (χ1n) is 9.30. The Morgan fingerprint density at radius 2 is 1.68 bits per heavy atom. The molecule has 3 nitrogen and oxygen atoms in total. The van der Waals surface area contributed by atoms with Gasteiger partial charge >= 0.3 is 0 Å². The van der Waals surface area contributed by atoms with Gasteiger partial charge in [-0.2, -0.15) is 0 Å². The minimum atomic E-state index is -0.0364. The average Bonchev–Trinajstić information content (AvgIpc) is 3.18. The third kappa shape index (κ3) is 3.69. The molecule has 1 heterocycles. The maximum absolute atomic E-state index is 12.9. The molecule has 3 aromatic carbocycles. The molecule has 1 atom stereocenters. The number of hydrogen-bond donors (Lipinski definition) is 2. The van der Waals surface area contributed by atoms with Gasteiger partial charge in [-0.1, -0.05) is 60.7 Å². The van der Waals surface area contributed by atoms with E-state index in [-0.39, 0.29) is 11.8 Å². The van der Waals surface area contributed by atoms with Crippen molar-refractivity contribution < 1.29 is 4.79 Å². The zero-order valence-electron chi connectivity index (χ0n) is 15.7. The van der Waals surface area contributed by atoms with Crippen LogP contribution in [0.5, 0.6) is 0 Å². The molecule has 1 unspecified atom stereocenters. The molecular weight excluding hydrogens is 364 g/mol. The summed E-state index contributed by atoms with van der Waals surface area (Å²) in [5.74, 6) is 0.0356. The van der Waals surface area contributed by atoms with Crippen molar-refractivity contribution in [2.24, 2.45) is 0 Å². The second kappa shape index (κ2) is 8.36. The molecule has 1 aromatic heterocycles. The van der Waals surface area contributed by atoms with E-state index in [4.69, 9.17) is 0 Å². The number of aromatic amines is 1. The minimum Gasteiger partial charge on any atom is -0.361 e. The quantitative estimate of drug-likeness (QED) is 0.433. The molecule has 140 valence electrons. The predicted octanol–water partition coefficient (Wildman–Crippen LogP) is 5.45. The van der Waals surface area contributed by atoms with Crippen molar-refractivity contribution in [2.45, 2.75) is 10.8 Å². The Hall–Kier alpha value is -2.98. The second-order valence-corrected chi connectivity index (χ2v) is 7.51. The average molecular weight is 387 g/mol. The molecule has 0 saturated carbocycles. The zero-order chi connectivity index (χ0) is 19.3. The van der Waals surface area contributed by atoms with Gasteiger partial charge in [-0.25, -0.2) is 0 Å². The van der Waals surface area contributed by atoms with E-state index < -0.39 is 0 Å². The second-order valence-electron chi connectivity index (χ2n) is 6.66. The number of benzene rings is 3. The fourth-order valence-electron chi connectivity index (χ4n) is 3.60. The van der Waals surface area contributed by atoms with E-state index in [1.165, 1.54) is 16.5 Å². The lowest BCUT2D eigenvalue weighted by molar-refractivity contribution is 0.0949. The van der Waals surface area contributed by atoms with Crippen molar-refractivity contribution >= 4 is 28.6 Å². The largest absolute Gasteiger partial charge is 0.361 e. The van der Waals surface area contributed by atoms with Crippen molar-refractivity contribution in [3.63, 3.8) is 0 Å². The summed E-state index contributed by atoms with van der Waals surface area (Å²) in [6.07, 6.45) is 4.05. The van der Waals surface area contributed by atoms with E-state index in [1.807, 2.05) is 54.8 Å². The van der Waals surface area contributed by atoms with Crippen LogP contribution in [0.3, 0.4) is 0 Å². The summed E-state index contributed by atoms with van der Waals surface area (Å²) >= 11 is 1.59. The Labute approximate surface area is 169 Å². The first-order valence-corrected chi connectivity index (χ1v) is 10.5. The SMILES string of the molecule is CSc1ccccc1C(=O)NCC(c1ccccc1)c1c[nH]c2ccccc12. The van der Waals surface area contributed by atoms with Crippen LogP contribution in [0.1, 0.15) is 27.4 Å². The summed E-state index contributed by atoms with van der Waals surface area (Å²) in [7, 11) is 0. The van der Waals surface area contributed by atoms with Gasteiger partial charge in [-0.3, -0.25) is 4.79 Å². The number of aromatic nitrogens is 1. The van der Waals surface area contributed by atoms with Gasteiger partial charge in [0.05, 0.1) is 5.56 Å². The number of fused-ring (bicyclic) bond motifs is 1. The number of thioether (sulfide) groups is 1. The highest BCUT2D eigenvalue weighted by Gasteiger charge is 2.20. The first-order chi connectivity index (χ1) is 13.8. The molecule has 2 N–H and O–H groups in total. The highest BCUT2D eigenvalue weighted by Crippen LogP contribution is 2.30. The van der Waals surface area contributed by atoms with Crippen molar-refractivity contribution in [1.82, 2.24) is 10.3 Å². The standard InChI is InChI=1S/C24H22N2OS/c1-28-23-14-8-6-12-19(23)24(27)26-15-20(17-9-3-2-4-10-17)21-16-25-22-13-7-5-11-18(21)22/h2-14,16,20,25H,15H2,1H3,(H,26,27). The fraction of sp³-hybridized carbons (Fsp3) is 0.125. The molecule has 0 aliphatic rings. The predicted molar refractivity (Wildman–Crippen MR) is 117 cm³/mol. The highest BCUT2D eigenvalue weighted by atomic mass is 32.2. The van der Waals surface area contributed by atoms with Gasteiger partial charge in [0, 0.05) is 34.5 Å². The Morgan fingerprint density at radius 3 is 2.50 bits per heavy atom. The van der Waals surface area contributed by atoms with Gasteiger partial charge < -0.3 is 10.3 Å². The first kappa shape index (κ1) is 18.4. The molecule has 0 aliphatic carbocycles. The number of nitrogens with one attached hydrogen (secondary N) is 2. The van der Waals surface area contributed by atoms with E-state index in [1.54, 1.807) is 11.8 Å². The van der Waals surface area contributed by atoms with Crippen LogP contribution in [0.25, 0.3) is 10.9 Å². The van der Waals surface area contributed by atoms with Crippen molar-refractivity contribution in [1.29, 1.82) is 0 Å². The number of rotatable bonds is 6. The highest BCUT2D eigenvalue weighted by molar-refractivity contribution is 7.98. The summed E-state index contributed by atoms with van der Waals surface area (Å²) in [5.41, 5.74) is 4.21. The van der Waals surface area contributed by atoms with E-state index >= 15 is 0 Å². The summed E-state index contributed by atoms with van der Waals surface area (Å²) in [4.78, 5) is 17.2. The number of carbonyl (C=O) groups excluding carboxylic acids is 1. The number of H-pyrrole nitrogens is 1. The summed E-state index contributed by atoms with van der Waals surface area (Å²) in [5, 5.41) is 4.35. The summed E-state index contributed by atoms with van der Waals surface area (Å²) in [6.45, 7) is 0.535. The lowest BCUT2D eigenvalue weighted by Gasteiger charge is -2.19. The zero-order valence-corrected chi connectivity index (χ0v) is 16.5. The van der Waals surface area contributed by atoms with Crippen LogP contribution in [-0.2, 0) is 0 Å². The van der Waals surface area contributed by atoms with Crippen LogP contribution < -0.4 is 5.32 Å². The normalized spacial score (nSPS) is 12.0. The Kier molecular flexibility index (Phi) is 5.49. The van der Waals surface area contributed by atoms with Gasteiger partial charge in [-0.05, 0) is 35.6 Å². The number of amides is 1. The van der Waals surface area contributed by atoms with Gasteiger partial charge in [0.1, 0.15) is 0 Å². The fourth-order valence-corrected chi connectivity index (χ4v) is 4.19. The Bertz CT molecular complexity index is 1090. The van der Waals surface area contributed by atoms with Crippen molar-refractivity contribution in [2.75, 3.05) is 12.8 Å². The van der Waals surface area contributed by atoms with Gasteiger partial charge in [-0.15, -0.1) is 11.8 Å². The maximum atomic E-state index is 12.9. The van der Waals surface area contributed by atoms with Crippen LogP contribution in [0, 0.1) is 0 Å². The van der Waals surface area contributed by atoms with E-state index in [0.29, 0.717) is 6.54 Å². The van der Waals surface area contributed by atoms with Gasteiger partial charge in [0.25, 0.3) is 5.91 Å². The Balaban J connectivity index is 1.65. The molecule has 0 radical (unpaired) electrons. The third-order valence-electron chi connectivity index (χ3n) is 5.02. The molecule has 4 rings (SSSR count). The molecule has 0 aliphatic heterocycles. The summed E-state index contributed by atoms with van der Waals surface area (Å²) < 4.78 is 0. The molecule has 28 heavy (non-hydrogen) atoms. The van der Waals surface area contributed by atoms with Crippen LogP contribution in [0.15, 0.2) is 90.0 Å². The number of carbonyl (C=O) groups is 1. The lowest BCUT2D eigenvalue weighted by atomic mass is 9.91. The van der Waals surface area contributed by atoms with Crippen molar-refractivity contribution in [3.8, 4) is 0 Å². The number of para-hydroxylation sites is 1. The van der Waals surface area contributed by atoms with Crippen LogP contribution in [-0.4, -0.2) is 23.7 Å². The van der Waals surface area contributed by atoms with Crippen molar-refractivity contribution in [3.05, 3.63) is 102 Å². The molecule has 1 amide bonds. The topological polar surface area (TPSA) is 44.9 Å². The minimum absolute atomic E-state index is 0.0364. The van der Waals surface area contributed by atoms with Gasteiger partial charge in [0.15, 0.2) is 0 Å². The van der Waals surface area contributed by atoms with Gasteiger partial charge in [0.2, 0.25) is 0 Å². The van der Waals surface area contributed by atoms with Crippen LogP contribution >= 0.6 is 11.8 Å². The molecule has 0 bridgehead atoms. The Morgan fingerprint density at radius 1 is 0.964 bits per heavy atom. The lowest BCUT2D eigenvalue weighted by Crippen LogP contribution is -2.29. The van der Waals surface area contributed by atoms with Crippen LogP contribution in [0.4, 0.5) is 0 Å². The molecule has 0 fully saturated rings. The maximum Gasteiger partial charge on any atom is 0.252 e. The number of hydrogen-bond acceptors (Lipinski definition) is 2. The summed E-state index contributed by atoms with van der Waals surface area (Å²) in [6, 6.07) is 26.4. The molecular formula is C24H22N2OS. The third-order valence-corrected chi connectivity index (χ3v) is 5.81. The molecule has 4 heteroatoms. The smallest absolute Gasteiger partial charge is 0.252 e. The molecule has 0 spiro atoms. The molecule has 4 aromatic rings. The van der Waals surface area contributed by atoms with E-state index in [0.717, 1.165) is 16.0 Å². The van der Waals surface area contributed by atoms with Crippen LogP contribution in [0.2, 0.25) is 0 Å². The van der Waals surface area contributed by atoms with E-state index in [2.05, 4.69) is 46.8 Å². The monoisotopic (exact) mass is 386 g/mol.